The van der Waals surface area contributed by atoms with Crippen LogP contribution < -0.4 is 15.6 Å². The third-order valence-corrected chi connectivity index (χ3v) is 9.89. The first-order valence-corrected chi connectivity index (χ1v) is 10.5. The number of rotatable bonds is 5. The molecule has 22 heavy (non-hydrogen) atoms. The smallest absolute Gasteiger partial charge is 0.149 e. The van der Waals surface area contributed by atoms with Gasteiger partial charge in [0.15, 0.2) is 0 Å². The van der Waals surface area contributed by atoms with E-state index < -0.39 is 8.07 Å². The molecule has 0 fully saturated rings. The van der Waals surface area contributed by atoms with Crippen LogP contribution in [0.5, 0.6) is 0 Å². The van der Waals surface area contributed by atoms with Crippen molar-refractivity contribution in [2.45, 2.75) is 6.04 Å². The lowest BCUT2D eigenvalue weighted by Crippen LogP contribution is -2.67. The van der Waals surface area contributed by atoms with E-state index in [1.807, 2.05) is 0 Å². The first kappa shape index (κ1) is 15.1. The van der Waals surface area contributed by atoms with E-state index in [4.69, 9.17) is 0 Å². The predicted octanol–water partition coefficient (Wildman–Crippen LogP) is 3.09. The van der Waals surface area contributed by atoms with Crippen molar-refractivity contribution in [3.8, 4) is 0 Å². The summed E-state index contributed by atoms with van der Waals surface area (Å²) in [5.74, 6) is 0.894. The molecule has 0 atom stereocenters. The Balaban J connectivity index is 2.29. The van der Waals surface area contributed by atoms with E-state index >= 15 is 0 Å². The number of benzene rings is 3. The van der Waals surface area contributed by atoms with Crippen LogP contribution in [0.15, 0.2) is 91.0 Å². The van der Waals surface area contributed by atoms with E-state index in [1.165, 1.54) is 15.6 Å². The Labute approximate surface area is 139 Å². The number of thiol groups is 1. The van der Waals surface area contributed by atoms with Crippen LogP contribution in [0.2, 0.25) is 6.04 Å². The van der Waals surface area contributed by atoms with E-state index in [9.17, 15) is 0 Å². The number of hydrogen-bond acceptors (Lipinski definition) is 1. The minimum atomic E-state index is -2.00. The van der Waals surface area contributed by atoms with Gasteiger partial charge in [0, 0.05) is 0 Å². The summed E-state index contributed by atoms with van der Waals surface area (Å²) in [6, 6.07) is 34.0. The summed E-state index contributed by atoms with van der Waals surface area (Å²) in [4.78, 5) is 0. The maximum Gasteiger partial charge on any atom is 0.149 e. The summed E-state index contributed by atoms with van der Waals surface area (Å²) >= 11 is 4.60. The van der Waals surface area contributed by atoms with Gasteiger partial charge in [0.25, 0.3) is 0 Å². The quantitative estimate of drug-likeness (QED) is 0.417. The molecular formula is C20H20SSi. The molecule has 0 bridgehead atoms. The van der Waals surface area contributed by atoms with E-state index in [-0.39, 0.29) is 0 Å². The summed E-state index contributed by atoms with van der Waals surface area (Å²) < 4.78 is 0. The van der Waals surface area contributed by atoms with Crippen molar-refractivity contribution < 1.29 is 0 Å². The maximum absolute atomic E-state index is 4.60. The lowest BCUT2D eigenvalue weighted by Gasteiger charge is -2.33. The number of hydrogen-bond donors (Lipinski definition) is 1. The zero-order valence-electron chi connectivity index (χ0n) is 12.5. The molecule has 0 radical (unpaired) electrons. The largest absolute Gasteiger partial charge is 0.180 e. The first-order valence-electron chi connectivity index (χ1n) is 7.65. The SMILES string of the molecule is SCC[Si](c1ccccc1)(c1ccccc1)c1ccccc1. The second-order valence-corrected chi connectivity index (χ2v) is 9.97. The molecule has 3 rings (SSSR count). The molecule has 0 amide bonds. The van der Waals surface area contributed by atoms with Crippen molar-refractivity contribution in [3.63, 3.8) is 0 Å². The van der Waals surface area contributed by atoms with E-state index in [1.54, 1.807) is 0 Å². The van der Waals surface area contributed by atoms with Gasteiger partial charge in [-0.3, -0.25) is 0 Å². The molecule has 3 aromatic rings. The molecule has 0 saturated heterocycles. The summed E-state index contributed by atoms with van der Waals surface area (Å²) in [7, 11) is -2.00. The van der Waals surface area contributed by atoms with Gasteiger partial charge in [-0.15, -0.1) is 0 Å². The Kier molecular flexibility index (Phi) is 4.81. The highest BCUT2D eigenvalue weighted by molar-refractivity contribution is 7.80. The summed E-state index contributed by atoms with van der Waals surface area (Å²) in [6.07, 6.45) is 0. The fourth-order valence-corrected chi connectivity index (χ4v) is 8.76. The zero-order valence-corrected chi connectivity index (χ0v) is 14.4. The highest BCUT2D eigenvalue weighted by Gasteiger charge is 2.38. The summed E-state index contributed by atoms with van der Waals surface area (Å²) in [6.45, 7) is 0. The van der Waals surface area contributed by atoms with Gasteiger partial charge in [0.2, 0.25) is 0 Å². The lowest BCUT2D eigenvalue weighted by molar-refractivity contribution is 1.43. The van der Waals surface area contributed by atoms with Crippen LogP contribution in [0.1, 0.15) is 0 Å². The van der Waals surface area contributed by atoms with Crippen LogP contribution in [0, 0.1) is 0 Å². The fraction of sp³-hybridized carbons (Fsp3) is 0.100. The molecule has 0 aliphatic rings. The minimum absolute atomic E-state index is 0.894. The highest BCUT2D eigenvalue weighted by Crippen LogP contribution is 2.13. The average molecular weight is 321 g/mol. The molecule has 2 heteroatoms. The molecule has 0 aromatic heterocycles. The van der Waals surface area contributed by atoms with Crippen molar-refractivity contribution in [1.82, 2.24) is 0 Å². The standard InChI is InChI=1S/C20H20SSi/c21-16-17-22(18-10-4-1-5-11-18,19-12-6-2-7-13-19)20-14-8-3-9-15-20/h1-15,21H,16-17H2. The van der Waals surface area contributed by atoms with E-state index in [0.29, 0.717) is 0 Å². The summed E-state index contributed by atoms with van der Waals surface area (Å²) in [5, 5.41) is 4.38. The van der Waals surface area contributed by atoms with Crippen molar-refractivity contribution in [2.24, 2.45) is 0 Å². The van der Waals surface area contributed by atoms with Gasteiger partial charge in [-0.1, -0.05) is 91.0 Å². The molecular weight excluding hydrogens is 300 g/mol. The normalized spacial score (nSPS) is 11.3. The third kappa shape index (κ3) is 2.77. The van der Waals surface area contributed by atoms with Crippen LogP contribution in [0.3, 0.4) is 0 Å². The molecule has 0 N–H and O–H groups in total. The summed E-state index contributed by atoms with van der Waals surface area (Å²) in [5.41, 5.74) is 0. The second kappa shape index (κ2) is 6.99. The van der Waals surface area contributed by atoms with Gasteiger partial charge in [-0.05, 0) is 27.4 Å². The third-order valence-electron chi connectivity index (χ3n) is 4.29. The van der Waals surface area contributed by atoms with E-state index in [0.717, 1.165) is 11.8 Å². The molecule has 0 unspecified atom stereocenters. The molecule has 3 aromatic carbocycles. The monoisotopic (exact) mass is 320 g/mol. The molecule has 0 spiro atoms. The first-order chi connectivity index (χ1) is 10.9. The zero-order chi connectivity index (χ0) is 15.3. The Morgan fingerprint density at radius 2 is 0.864 bits per heavy atom. The Hall–Kier alpha value is -1.77. The van der Waals surface area contributed by atoms with Crippen LogP contribution in [0.25, 0.3) is 0 Å². The van der Waals surface area contributed by atoms with Crippen molar-refractivity contribution in [2.75, 3.05) is 5.75 Å². The molecule has 0 aliphatic heterocycles. The van der Waals surface area contributed by atoms with Crippen LogP contribution >= 0.6 is 12.6 Å². The molecule has 0 aliphatic carbocycles. The van der Waals surface area contributed by atoms with Gasteiger partial charge in [-0.2, -0.15) is 12.6 Å². The van der Waals surface area contributed by atoms with Crippen LogP contribution in [-0.4, -0.2) is 13.8 Å². The molecule has 0 saturated carbocycles. The van der Waals surface area contributed by atoms with Crippen LogP contribution in [0.4, 0.5) is 0 Å². The topological polar surface area (TPSA) is 0 Å². The van der Waals surface area contributed by atoms with Gasteiger partial charge in [-0.25, -0.2) is 0 Å². The lowest BCUT2D eigenvalue weighted by atomic mass is 10.3. The Morgan fingerprint density at radius 3 is 1.14 bits per heavy atom. The Bertz CT molecular complexity index is 599. The maximum atomic E-state index is 4.60. The van der Waals surface area contributed by atoms with E-state index in [2.05, 4.69) is 104 Å². The average Bonchev–Trinajstić information content (AvgIpc) is 2.62. The van der Waals surface area contributed by atoms with Crippen LogP contribution in [-0.2, 0) is 0 Å². The molecule has 0 nitrogen and oxygen atoms in total. The Morgan fingerprint density at radius 1 is 0.545 bits per heavy atom. The van der Waals surface area contributed by atoms with Gasteiger partial charge >= 0.3 is 0 Å². The second-order valence-electron chi connectivity index (χ2n) is 5.48. The fourth-order valence-electron chi connectivity index (χ4n) is 3.27. The highest BCUT2D eigenvalue weighted by atomic mass is 32.1. The van der Waals surface area contributed by atoms with Crippen molar-refractivity contribution in [3.05, 3.63) is 91.0 Å². The molecule has 0 heterocycles. The van der Waals surface area contributed by atoms with Crippen molar-refractivity contribution in [1.29, 1.82) is 0 Å². The van der Waals surface area contributed by atoms with Gasteiger partial charge in [0.05, 0.1) is 0 Å². The van der Waals surface area contributed by atoms with Gasteiger partial charge < -0.3 is 0 Å². The van der Waals surface area contributed by atoms with Gasteiger partial charge in [0.1, 0.15) is 8.07 Å². The predicted molar refractivity (Wildman–Crippen MR) is 103 cm³/mol. The molecule has 110 valence electrons. The minimum Gasteiger partial charge on any atom is -0.180 e. The van der Waals surface area contributed by atoms with Crippen molar-refractivity contribution >= 4 is 36.3 Å².